The zero-order chi connectivity index (χ0) is 26.3. The summed E-state index contributed by atoms with van der Waals surface area (Å²) in [5.74, 6) is -0.889. The molecule has 2 aromatic rings. The quantitative estimate of drug-likeness (QED) is 0.584. The molecule has 2 N–H and O–H groups in total. The number of para-hydroxylation sites is 2. The largest absolute Gasteiger partial charge is 0.482 e. The van der Waals surface area contributed by atoms with Crippen LogP contribution in [0.4, 0.5) is 17.1 Å². The van der Waals surface area contributed by atoms with Crippen molar-refractivity contribution >= 4 is 34.8 Å². The van der Waals surface area contributed by atoms with Crippen molar-refractivity contribution in [2.24, 2.45) is 5.92 Å². The number of likely N-dealkylation sites (N-methyl/N-ethyl adjacent to an activating group) is 1. The van der Waals surface area contributed by atoms with Crippen LogP contribution < -0.4 is 14.5 Å². The van der Waals surface area contributed by atoms with Crippen molar-refractivity contribution in [3.05, 3.63) is 60.2 Å². The predicted molar refractivity (Wildman–Crippen MR) is 138 cm³/mol. The van der Waals surface area contributed by atoms with Gasteiger partial charge in [0.05, 0.1) is 24.0 Å². The van der Waals surface area contributed by atoms with Crippen molar-refractivity contribution in [1.82, 2.24) is 4.90 Å². The first-order valence-electron chi connectivity index (χ1n) is 12.5. The molecule has 3 atom stereocenters. The minimum atomic E-state index is -1.87. The molecule has 3 aliphatic rings. The number of likely N-dealkylation sites (tertiary alicyclic amines) is 1. The Balaban J connectivity index is 1.43. The van der Waals surface area contributed by atoms with E-state index in [9.17, 15) is 24.6 Å². The van der Waals surface area contributed by atoms with Gasteiger partial charge < -0.3 is 24.7 Å². The van der Waals surface area contributed by atoms with Crippen molar-refractivity contribution in [3.63, 3.8) is 0 Å². The molecule has 0 bridgehead atoms. The number of carbonyl (C=O) groups excluding carboxylic acids is 3. The van der Waals surface area contributed by atoms with Gasteiger partial charge in [-0.3, -0.25) is 19.3 Å². The summed E-state index contributed by atoms with van der Waals surface area (Å²) in [6.45, 7) is 2.19. The molecule has 0 spiro atoms. The fraction of sp³-hybridized carbons (Fsp3) is 0.393. The Kier molecular flexibility index (Phi) is 6.51. The van der Waals surface area contributed by atoms with Gasteiger partial charge in [-0.25, -0.2) is 0 Å². The van der Waals surface area contributed by atoms with Crippen LogP contribution in [0.15, 0.2) is 54.6 Å². The first-order valence-corrected chi connectivity index (χ1v) is 12.5. The molecule has 0 radical (unpaired) electrons. The number of ether oxygens (including phenoxy) is 1. The first kappa shape index (κ1) is 25.0. The molecular weight excluding hydrogens is 474 g/mol. The molecule has 5 rings (SSSR count). The number of hydrogen-bond acceptors (Lipinski definition) is 6. The molecule has 0 aromatic heterocycles. The van der Waals surface area contributed by atoms with E-state index >= 15 is 0 Å². The molecule has 9 nitrogen and oxygen atoms in total. The molecule has 1 saturated heterocycles. The van der Waals surface area contributed by atoms with E-state index in [4.69, 9.17) is 4.74 Å². The van der Waals surface area contributed by atoms with Gasteiger partial charge in [-0.05, 0) is 43.2 Å². The molecule has 3 aliphatic heterocycles. The number of nitrogens with zero attached hydrogens (tertiary/aromatic N) is 3. The Bertz CT molecular complexity index is 1280. The fourth-order valence-corrected chi connectivity index (χ4v) is 5.55. The minimum absolute atomic E-state index is 0.0539. The lowest BCUT2D eigenvalue weighted by Crippen LogP contribution is -2.43. The average molecular weight is 506 g/mol. The fourth-order valence-electron chi connectivity index (χ4n) is 5.55. The van der Waals surface area contributed by atoms with Gasteiger partial charge in [0, 0.05) is 37.2 Å². The zero-order valence-corrected chi connectivity index (χ0v) is 21.0. The van der Waals surface area contributed by atoms with E-state index in [1.165, 1.54) is 9.80 Å². The second-order valence-electron chi connectivity index (χ2n) is 9.80. The van der Waals surface area contributed by atoms with Gasteiger partial charge in [-0.1, -0.05) is 31.2 Å². The summed E-state index contributed by atoms with van der Waals surface area (Å²) in [5.41, 5.74) is 0.212. The molecule has 37 heavy (non-hydrogen) atoms. The molecule has 1 fully saturated rings. The van der Waals surface area contributed by atoms with Crippen LogP contribution >= 0.6 is 0 Å². The van der Waals surface area contributed by atoms with Gasteiger partial charge in [0.25, 0.3) is 11.8 Å². The molecule has 0 saturated carbocycles. The molecular formula is C28H31N3O6. The summed E-state index contributed by atoms with van der Waals surface area (Å²) >= 11 is 0. The number of fused-ring (bicyclic) bond motifs is 2. The van der Waals surface area contributed by atoms with E-state index in [0.717, 1.165) is 12.8 Å². The van der Waals surface area contributed by atoms with E-state index in [1.807, 2.05) is 12.1 Å². The predicted octanol–water partition coefficient (Wildman–Crippen LogP) is 2.47. The Morgan fingerprint density at radius 3 is 2.78 bits per heavy atom. The zero-order valence-electron chi connectivity index (χ0n) is 21.0. The van der Waals surface area contributed by atoms with E-state index in [-0.39, 0.29) is 37.5 Å². The van der Waals surface area contributed by atoms with E-state index in [1.54, 1.807) is 61.4 Å². The minimum Gasteiger partial charge on any atom is -0.482 e. The highest BCUT2D eigenvalue weighted by molar-refractivity contribution is 6.09. The molecule has 0 unspecified atom stereocenters. The number of carbonyl (C=O) groups is 3. The summed E-state index contributed by atoms with van der Waals surface area (Å²) in [4.78, 5) is 43.4. The summed E-state index contributed by atoms with van der Waals surface area (Å²) in [6, 6.07) is 12.2. The average Bonchev–Trinajstić information content (AvgIpc) is 3.47. The summed E-state index contributed by atoms with van der Waals surface area (Å²) in [7, 11) is 1.61. The standard InChI is InChI=1S/C28H31N3O6/c1-18(7-5-11-25(33)30-14-6-8-20(30)16-32)28(36)21-15-19(12-13-22(21)29(2)27(28)35)31-23-9-3-4-10-24(23)37-17-26(31)34/h3-5,7,9-10,12-13,15,18,20,32,36H,6,8,11,14,16-17H2,1-2H3/b7-5+/t18-,20-,28+/m0/s1. The van der Waals surface area contributed by atoms with Gasteiger partial charge >= 0.3 is 0 Å². The monoisotopic (exact) mass is 505 g/mol. The number of amides is 3. The molecule has 0 aliphatic carbocycles. The van der Waals surface area contributed by atoms with Crippen LogP contribution in [0.25, 0.3) is 0 Å². The lowest BCUT2D eigenvalue weighted by Gasteiger charge is -2.31. The number of hydrogen-bond donors (Lipinski definition) is 2. The van der Waals surface area contributed by atoms with E-state index in [2.05, 4.69) is 0 Å². The third-order valence-corrected chi connectivity index (χ3v) is 7.63. The van der Waals surface area contributed by atoms with Crippen LogP contribution in [0, 0.1) is 5.92 Å². The van der Waals surface area contributed by atoms with Crippen LogP contribution in [0.1, 0.15) is 31.7 Å². The number of aliphatic hydroxyl groups is 2. The highest BCUT2D eigenvalue weighted by atomic mass is 16.5. The van der Waals surface area contributed by atoms with E-state index < -0.39 is 17.4 Å². The van der Waals surface area contributed by atoms with Crippen molar-refractivity contribution in [3.8, 4) is 5.75 Å². The van der Waals surface area contributed by atoms with E-state index in [0.29, 0.717) is 34.9 Å². The number of benzene rings is 2. The molecule has 3 heterocycles. The Hall–Kier alpha value is -3.69. The first-order chi connectivity index (χ1) is 17.8. The number of aliphatic hydroxyl groups excluding tert-OH is 1. The molecule has 194 valence electrons. The summed E-state index contributed by atoms with van der Waals surface area (Å²) in [6.07, 6.45) is 5.14. The Morgan fingerprint density at radius 2 is 2.00 bits per heavy atom. The smallest absolute Gasteiger partial charge is 0.269 e. The van der Waals surface area contributed by atoms with Gasteiger partial charge in [0.15, 0.2) is 12.2 Å². The van der Waals surface area contributed by atoms with Gasteiger partial charge in [0.2, 0.25) is 5.91 Å². The maximum Gasteiger partial charge on any atom is 0.269 e. The lowest BCUT2D eigenvalue weighted by molar-refractivity contribution is -0.139. The molecule has 3 amide bonds. The maximum atomic E-state index is 13.3. The van der Waals surface area contributed by atoms with Crippen LogP contribution in [0.5, 0.6) is 5.75 Å². The normalized spacial score (nSPS) is 23.9. The second-order valence-corrected chi connectivity index (χ2v) is 9.80. The third-order valence-electron chi connectivity index (χ3n) is 7.63. The Morgan fingerprint density at radius 1 is 1.22 bits per heavy atom. The van der Waals surface area contributed by atoms with Crippen LogP contribution in [-0.2, 0) is 20.0 Å². The SMILES string of the molecule is C[C@@H](/C=C/CC(=O)N1CCC[C@H]1CO)[C@]1(O)C(=O)N(C)c2ccc(N3C(=O)COc4ccccc43)cc21. The second kappa shape index (κ2) is 9.64. The van der Waals surface area contributed by atoms with Crippen LogP contribution in [-0.4, -0.2) is 65.7 Å². The van der Waals surface area contributed by atoms with Crippen molar-refractivity contribution in [1.29, 1.82) is 0 Å². The van der Waals surface area contributed by atoms with Gasteiger partial charge in [-0.15, -0.1) is 0 Å². The summed E-state index contributed by atoms with van der Waals surface area (Å²) < 4.78 is 5.55. The van der Waals surface area contributed by atoms with Gasteiger partial charge in [-0.2, -0.15) is 0 Å². The highest BCUT2D eigenvalue weighted by Crippen LogP contribution is 2.47. The van der Waals surface area contributed by atoms with Crippen molar-refractivity contribution in [2.45, 2.75) is 37.8 Å². The third kappa shape index (κ3) is 4.08. The highest BCUT2D eigenvalue weighted by Gasteiger charge is 2.51. The Labute approximate surface area is 215 Å². The van der Waals surface area contributed by atoms with Crippen molar-refractivity contribution < 1.29 is 29.3 Å². The lowest BCUT2D eigenvalue weighted by atomic mass is 9.82. The van der Waals surface area contributed by atoms with Gasteiger partial charge in [0.1, 0.15) is 5.75 Å². The van der Waals surface area contributed by atoms with Crippen LogP contribution in [0.3, 0.4) is 0 Å². The molecule has 9 heteroatoms. The number of anilines is 3. The maximum absolute atomic E-state index is 13.3. The summed E-state index contributed by atoms with van der Waals surface area (Å²) in [5, 5.41) is 21.3. The van der Waals surface area contributed by atoms with Crippen LogP contribution in [0.2, 0.25) is 0 Å². The number of rotatable bonds is 6. The van der Waals surface area contributed by atoms with Crippen molar-refractivity contribution in [2.75, 3.05) is 36.6 Å². The molecule has 2 aromatic carbocycles. The topological polar surface area (TPSA) is 111 Å².